The second-order valence-electron chi connectivity index (χ2n) is 5.49. The average molecular weight is 315 g/mol. The van der Waals surface area contributed by atoms with E-state index in [1.165, 1.54) is 23.3 Å². The van der Waals surface area contributed by atoms with Gasteiger partial charge in [0.15, 0.2) is 0 Å². The highest BCUT2D eigenvalue weighted by atomic mass is 32.1. The number of hydrogen-bond donors (Lipinski definition) is 1. The summed E-state index contributed by atoms with van der Waals surface area (Å²) in [6.07, 6.45) is 4.73. The summed E-state index contributed by atoms with van der Waals surface area (Å²) in [5.41, 5.74) is 2.38. The van der Waals surface area contributed by atoms with E-state index < -0.39 is 0 Å². The van der Waals surface area contributed by atoms with E-state index in [0.29, 0.717) is 13.2 Å². The Morgan fingerprint density at radius 2 is 2.09 bits per heavy atom. The number of thiophene rings is 1. The van der Waals surface area contributed by atoms with Gasteiger partial charge in [0.05, 0.1) is 11.5 Å². The Bertz CT molecular complexity index is 639. The Morgan fingerprint density at radius 3 is 2.91 bits per heavy atom. The number of carbonyl (C=O) groups is 1. The summed E-state index contributed by atoms with van der Waals surface area (Å²) in [5, 5.41) is 3.01. The van der Waals surface area contributed by atoms with Crippen molar-refractivity contribution in [3.05, 3.63) is 51.2 Å². The minimum absolute atomic E-state index is 0.0192. The maximum atomic E-state index is 12.4. The normalized spacial score (nSPS) is 13.5. The van der Waals surface area contributed by atoms with Gasteiger partial charge in [-0.3, -0.25) is 4.79 Å². The minimum Gasteiger partial charge on any atom is -0.494 e. The van der Waals surface area contributed by atoms with Crippen LogP contribution >= 0.6 is 11.3 Å². The lowest BCUT2D eigenvalue weighted by Crippen LogP contribution is -2.22. The van der Waals surface area contributed by atoms with E-state index in [1.54, 1.807) is 11.3 Å². The Morgan fingerprint density at radius 1 is 1.27 bits per heavy atom. The van der Waals surface area contributed by atoms with Crippen LogP contribution in [-0.2, 0) is 19.4 Å². The van der Waals surface area contributed by atoms with Crippen molar-refractivity contribution in [1.29, 1.82) is 0 Å². The van der Waals surface area contributed by atoms with Crippen LogP contribution < -0.4 is 10.1 Å². The molecule has 3 rings (SSSR count). The first-order valence-electron chi connectivity index (χ1n) is 7.88. The summed E-state index contributed by atoms with van der Waals surface area (Å²) in [4.78, 5) is 14.6. The summed E-state index contributed by atoms with van der Waals surface area (Å²) in [6, 6.07) is 9.92. The molecule has 0 radical (unpaired) electrons. The zero-order valence-corrected chi connectivity index (χ0v) is 13.7. The highest BCUT2D eigenvalue weighted by Gasteiger charge is 2.17. The van der Waals surface area contributed by atoms with Gasteiger partial charge in [-0.1, -0.05) is 18.2 Å². The molecule has 1 aliphatic carbocycles. The molecule has 0 spiro atoms. The fourth-order valence-electron chi connectivity index (χ4n) is 2.81. The van der Waals surface area contributed by atoms with Crippen LogP contribution in [0.1, 0.15) is 45.4 Å². The van der Waals surface area contributed by atoms with Crippen LogP contribution in [0.25, 0.3) is 0 Å². The molecule has 1 amide bonds. The van der Waals surface area contributed by atoms with E-state index in [0.717, 1.165) is 29.0 Å². The zero-order chi connectivity index (χ0) is 15.4. The van der Waals surface area contributed by atoms with Crippen LogP contribution in [0, 0.1) is 0 Å². The monoisotopic (exact) mass is 315 g/mol. The molecule has 0 aliphatic heterocycles. The van der Waals surface area contributed by atoms with E-state index >= 15 is 0 Å². The van der Waals surface area contributed by atoms with Crippen molar-refractivity contribution in [3.63, 3.8) is 0 Å². The molecule has 2 aromatic rings. The standard InChI is InChI=1S/C18H21NO2S/c1-2-21-15-9-5-3-8-14(15)12-19-18(20)17-11-13-7-4-6-10-16(13)22-17/h3,5,8-9,11H,2,4,6-7,10,12H2,1H3,(H,19,20). The number of hydrogen-bond acceptors (Lipinski definition) is 3. The molecule has 1 heterocycles. The number of ether oxygens (including phenoxy) is 1. The minimum atomic E-state index is 0.0192. The van der Waals surface area contributed by atoms with Crippen molar-refractivity contribution in [2.75, 3.05) is 6.61 Å². The van der Waals surface area contributed by atoms with E-state index in [2.05, 4.69) is 11.4 Å². The lowest BCUT2D eigenvalue weighted by atomic mass is 9.99. The predicted octanol–water partition coefficient (Wildman–Crippen LogP) is 3.96. The summed E-state index contributed by atoms with van der Waals surface area (Å²) in [7, 11) is 0. The third-order valence-corrected chi connectivity index (χ3v) is 5.17. The molecule has 116 valence electrons. The first-order chi connectivity index (χ1) is 10.8. The average Bonchev–Trinajstić information content (AvgIpc) is 2.98. The molecular weight excluding hydrogens is 294 g/mol. The van der Waals surface area contributed by atoms with E-state index in [-0.39, 0.29) is 5.91 Å². The molecule has 0 bridgehead atoms. The highest BCUT2D eigenvalue weighted by molar-refractivity contribution is 7.14. The molecular formula is C18H21NO2S. The van der Waals surface area contributed by atoms with Gasteiger partial charge in [0, 0.05) is 17.0 Å². The van der Waals surface area contributed by atoms with Crippen LogP contribution in [-0.4, -0.2) is 12.5 Å². The van der Waals surface area contributed by atoms with Crippen LogP contribution in [0.15, 0.2) is 30.3 Å². The van der Waals surface area contributed by atoms with Crippen LogP contribution in [0.2, 0.25) is 0 Å². The first kappa shape index (κ1) is 15.1. The van der Waals surface area contributed by atoms with Crippen molar-refractivity contribution in [1.82, 2.24) is 5.32 Å². The Kier molecular flexibility index (Phi) is 4.78. The summed E-state index contributed by atoms with van der Waals surface area (Å²) >= 11 is 1.65. The number of amides is 1. The molecule has 0 unspecified atom stereocenters. The van der Waals surface area contributed by atoms with Gasteiger partial charge in [-0.05, 0) is 50.3 Å². The Labute approximate surface area is 135 Å². The van der Waals surface area contributed by atoms with Gasteiger partial charge in [-0.25, -0.2) is 0 Å². The second kappa shape index (κ2) is 6.97. The van der Waals surface area contributed by atoms with E-state index in [4.69, 9.17) is 4.74 Å². The van der Waals surface area contributed by atoms with Crippen molar-refractivity contribution in [2.45, 2.75) is 39.2 Å². The third-order valence-electron chi connectivity index (χ3n) is 3.93. The molecule has 22 heavy (non-hydrogen) atoms. The third kappa shape index (κ3) is 3.33. The van der Waals surface area contributed by atoms with Gasteiger partial charge in [-0.15, -0.1) is 11.3 Å². The van der Waals surface area contributed by atoms with Crippen molar-refractivity contribution in [3.8, 4) is 5.75 Å². The molecule has 1 aromatic heterocycles. The van der Waals surface area contributed by atoms with Gasteiger partial charge in [0.25, 0.3) is 5.91 Å². The van der Waals surface area contributed by atoms with Gasteiger partial charge < -0.3 is 10.1 Å². The first-order valence-corrected chi connectivity index (χ1v) is 8.70. The summed E-state index contributed by atoms with van der Waals surface area (Å²) in [5.74, 6) is 0.862. The van der Waals surface area contributed by atoms with Crippen LogP contribution in [0.5, 0.6) is 5.75 Å². The number of benzene rings is 1. The number of nitrogens with one attached hydrogen (secondary N) is 1. The van der Waals surface area contributed by atoms with Crippen molar-refractivity contribution < 1.29 is 9.53 Å². The van der Waals surface area contributed by atoms with Crippen LogP contribution in [0.3, 0.4) is 0 Å². The topological polar surface area (TPSA) is 38.3 Å². The number of carbonyl (C=O) groups excluding carboxylic acids is 1. The Hall–Kier alpha value is -1.81. The summed E-state index contributed by atoms with van der Waals surface area (Å²) < 4.78 is 5.59. The van der Waals surface area contributed by atoms with Gasteiger partial charge >= 0.3 is 0 Å². The van der Waals surface area contributed by atoms with Crippen molar-refractivity contribution in [2.24, 2.45) is 0 Å². The quantitative estimate of drug-likeness (QED) is 0.907. The molecule has 0 atom stereocenters. The molecule has 1 N–H and O–H groups in total. The van der Waals surface area contributed by atoms with Gasteiger partial charge in [0.1, 0.15) is 5.75 Å². The SMILES string of the molecule is CCOc1ccccc1CNC(=O)c1cc2c(s1)CCCC2. The molecule has 1 aliphatic rings. The largest absolute Gasteiger partial charge is 0.494 e. The highest BCUT2D eigenvalue weighted by Crippen LogP contribution is 2.29. The summed E-state index contributed by atoms with van der Waals surface area (Å²) in [6.45, 7) is 3.09. The van der Waals surface area contributed by atoms with E-state index in [9.17, 15) is 4.79 Å². The molecule has 0 fully saturated rings. The molecule has 3 nitrogen and oxygen atoms in total. The number of aryl methyl sites for hydroxylation is 2. The fraction of sp³-hybridized carbons (Fsp3) is 0.389. The second-order valence-corrected chi connectivity index (χ2v) is 6.63. The zero-order valence-electron chi connectivity index (χ0n) is 12.9. The smallest absolute Gasteiger partial charge is 0.261 e. The number of para-hydroxylation sites is 1. The predicted molar refractivity (Wildman–Crippen MR) is 89.7 cm³/mol. The molecule has 4 heteroatoms. The maximum absolute atomic E-state index is 12.4. The lowest BCUT2D eigenvalue weighted by molar-refractivity contribution is 0.0954. The molecule has 1 aromatic carbocycles. The number of rotatable bonds is 5. The van der Waals surface area contributed by atoms with Gasteiger partial charge in [-0.2, -0.15) is 0 Å². The lowest BCUT2D eigenvalue weighted by Gasteiger charge is -2.10. The molecule has 0 saturated heterocycles. The van der Waals surface area contributed by atoms with Gasteiger partial charge in [0.2, 0.25) is 0 Å². The van der Waals surface area contributed by atoms with E-state index in [1.807, 2.05) is 31.2 Å². The molecule has 0 saturated carbocycles. The Balaban J connectivity index is 1.66. The van der Waals surface area contributed by atoms with Crippen LogP contribution in [0.4, 0.5) is 0 Å². The van der Waals surface area contributed by atoms with Crippen molar-refractivity contribution >= 4 is 17.2 Å². The maximum Gasteiger partial charge on any atom is 0.261 e. The number of fused-ring (bicyclic) bond motifs is 1. The fourth-order valence-corrected chi connectivity index (χ4v) is 3.98.